The van der Waals surface area contributed by atoms with Gasteiger partial charge in [-0.3, -0.25) is 5.10 Å². The predicted octanol–water partition coefficient (Wildman–Crippen LogP) is 3.21. The standard InChI is InChI=1S/C12H14ClN3/c13-9-6-11-10(8-14-15-11)12(7-9)16-4-2-1-3-5-16/h6-8H,1-5H2,(H,14,15). The molecule has 3 nitrogen and oxygen atoms in total. The molecule has 0 unspecified atom stereocenters. The van der Waals surface area contributed by atoms with E-state index in [1.807, 2.05) is 18.3 Å². The molecule has 1 aliphatic rings. The predicted molar refractivity (Wildman–Crippen MR) is 67.2 cm³/mol. The smallest absolute Gasteiger partial charge is 0.0686 e. The van der Waals surface area contributed by atoms with Crippen LogP contribution >= 0.6 is 11.6 Å². The minimum Gasteiger partial charge on any atom is -0.371 e. The van der Waals surface area contributed by atoms with Gasteiger partial charge in [0.05, 0.1) is 11.7 Å². The van der Waals surface area contributed by atoms with Crippen LogP contribution in [-0.4, -0.2) is 23.3 Å². The van der Waals surface area contributed by atoms with E-state index in [1.165, 1.54) is 30.3 Å². The summed E-state index contributed by atoms with van der Waals surface area (Å²) in [6, 6.07) is 3.97. The zero-order valence-corrected chi connectivity index (χ0v) is 9.80. The number of nitrogens with zero attached hydrogens (tertiary/aromatic N) is 2. The summed E-state index contributed by atoms with van der Waals surface area (Å²) in [5, 5.41) is 9.01. The quantitative estimate of drug-likeness (QED) is 0.823. The molecule has 1 N–H and O–H groups in total. The monoisotopic (exact) mass is 235 g/mol. The second-order valence-corrected chi connectivity index (χ2v) is 4.74. The first-order valence-corrected chi connectivity index (χ1v) is 6.10. The zero-order chi connectivity index (χ0) is 11.0. The van der Waals surface area contributed by atoms with Crippen LogP contribution in [0.2, 0.25) is 5.02 Å². The van der Waals surface area contributed by atoms with Gasteiger partial charge in [-0.25, -0.2) is 0 Å². The Labute approximate surface area is 99.4 Å². The normalized spacial score (nSPS) is 16.9. The van der Waals surface area contributed by atoms with Gasteiger partial charge in [-0.15, -0.1) is 0 Å². The molecule has 1 fully saturated rings. The van der Waals surface area contributed by atoms with E-state index in [0.717, 1.165) is 23.6 Å². The van der Waals surface area contributed by atoms with Gasteiger partial charge in [-0.1, -0.05) is 11.6 Å². The molecule has 2 aromatic rings. The fraction of sp³-hybridized carbons (Fsp3) is 0.417. The lowest BCUT2D eigenvalue weighted by Crippen LogP contribution is -2.29. The van der Waals surface area contributed by atoms with Gasteiger partial charge in [0.25, 0.3) is 0 Å². The van der Waals surface area contributed by atoms with Gasteiger partial charge in [-0.05, 0) is 31.4 Å². The van der Waals surface area contributed by atoms with Crippen molar-refractivity contribution in [3.8, 4) is 0 Å². The van der Waals surface area contributed by atoms with Crippen LogP contribution in [0.25, 0.3) is 10.9 Å². The molecule has 0 atom stereocenters. The van der Waals surface area contributed by atoms with E-state index in [9.17, 15) is 0 Å². The minimum atomic E-state index is 0.775. The molecule has 0 bridgehead atoms. The third kappa shape index (κ3) is 1.65. The SMILES string of the molecule is Clc1cc(N2CCCCC2)c2cn[nH]c2c1. The zero-order valence-electron chi connectivity index (χ0n) is 9.04. The molecule has 0 amide bonds. The van der Waals surface area contributed by atoms with Crippen LogP contribution in [0.3, 0.4) is 0 Å². The number of fused-ring (bicyclic) bond motifs is 1. The lowest BCUT2D eigenvalue weighted by atomic mass is 10.1. The summed E-state index contributed by atoms with van der Waals surface area (Å²) in [5.41, 5.74) is 2.24. The fourth-order valence-corrected chi connectivity index (χ4v) is 2.61. The summed E-state index contributed by atoms with van der Waals surface area (Å²) >= 11 is 6.13. The molecular weight excluding hydrogens is 222 g/mol. The van der Waals surface area contributed by atoms with Crippen molar-refractivity contribution in [3.05, 3.63) is 23.4 Å². The number of hydrogen-bond acceptors (Lipinski definition) is 2. The van der Waals surface area contributed by atoms with Crippen LogP contribution in [0.15, 0.2) is 18.3 Å². The number of halogens is 1. The van der Waals surface area contributed by atoms with Gasteiger partial charge in [0.1, 0.15) is 0 Å². The Morgan fingerprint density at radius 2 is 2.00 bits per heavy atom. The van der Waals surface area contributed by atoms with E-state index < -0.39 is 0 Å². The first-order chi connectivity index (χ1) is 7.84. The number of nitrogens with one attached hydrogen (secondary N) is 1. The lowest BCUT2D eigenvalue weighted by molar-refractivity contribution is 0.579. The molecule has 1 saturated heterocycles. The van der Waals surface area contributed by atoms with Crippen molar-refractivity contribution < 1.29 is 0 Å². The van der Waals surface area contributed by atoms with Crippen LogP contribution in [0.5, 0.6) is 0 Å². The topological polar surface area (TPSA) is 31.9 Å². The van der Waals surface area contributed by atoms with Gasteiger partial charge < -0.3 is 4.90 Å². The number of piperidine rings is 1. The number of aromatic amines is 1. The van der Waals surface area contributed by atoms with Crippen molar-refractivity contribution in [1.29, 1.82) is 0 Å². The summed E-state index contributed by atoms with van der Waals surface area (Å²) < 4.78 is 0. The summed E-state index contributed by atoms with van der Waals surface area (Å²) in [4.78, 5) is 2.41. The van der Waals surface area contributed by atoms with Gasteiger partial charge in [0.15, 0.2) is 0 Å². The van der Waals surface area contributed by atoms with Crippen LogP contribution in [0, 0.1) is 0 Å². The van der Waals surface area contributed by atoms with Crippen LogP contribution < -0.4 is 4.90 Å². The Morgan fingerprint density at radius 3 is 2.81 bits per heavy atom. The van der Waals surface area contributed by atoms with E-state index in [4.69, 9.17) is 11.6 Å². The summed E-state index contributed by atoms with van der Waals surface area (Å²) in [7, 11) is 0. The third-order valence-electron chi connectivity index (χ3n) is 3.20. The molecular formula is C12H14ClN3. The number of benzene rings is 1. The van der Waals surface area contributed by atoms with E-state index >= 15 is 0 Å². The number of anilines is 1. The molecule has 16 heavy (non-hydrogen) atoms. The second-order valence-electron chi connectivity index (χ2n) is 4.30. The maximum atomic E-state index is 6.13. The van der Waals surface area contributed by atoms with E-state index in [0.29, 0.717) is 0 Å². The maximum absolute atomic E-state index is 6.13. The molecule has 1 aromatic heterocycles. The average molecular weight is 236 g/mol. The van der Waals surface area contributed by atoms with Crippen molar-refractivity contribution in [2.24, 2.45) is 0 Å². The largest absolute Gasteiger partial charge is 0.371 e. The highest BCUT2D eigenvalue weighted by Crippen LogP contribution is 2.31. The Morgan fingerprint density at radius 1 is 1.19 bits per heavy atom. The minimum absolute atomic E-state index is 0.775. The summed E-state index contributed by atoms with van der Waals surface area (Å²) in [6.07, 6.45) is 5.76. The van der Waals surface area contributed by atoms with E-state index in [2.05, 4.69) is 15.1 Å². The van der Waals surface area contributed by atoms with Crippen molar-refractivity contribution in [2.75, 3.05) is 18.0 Å². The number of rotatable bonds is 1. The molecule has 4 heteroatoms. The van der Waals surface area contributed by atoms with Crippen molar-refractivity contribution in [2.45, 2.75) is 19.3 Å². The number of hydrogen-bond donors (Lipinski definition) is 1. The molecule has 0 radical (unpaired) electrons. The van der Waals surface area contributed by atoms with Gasteiger partial charge in [0.2, 0.25) is 0 Å². The Bertz CT molecular complexity index is 500. The van der Waals surface area contributed by atoms with Crippen LogP contribution in [0.4, 0.5) is 5.69 Å². The highest BCUT2D eigenvalue weighted by Gasteiger charge is 2.15. The molecule has 1 aliphatic heterocycles. The Kier molecular flexibility index (Phi) is 2.48. The maximum Gasteiger partial charge on any atom is 0.0686 e. The molecule has 3 rings (SSSR count). The van der Waals surface area contributed by atoms with Gasteiger partial charge >= 0.3 is 0 Å². The highest BCUT2D eigenvalue weighted by atomic mass is 35.5. The van der Waals surface area contributed by atoms with Crippen molar-refractivity contribution >= 4 is 28.2 Å². The molecule has 0 saturated carbocycles. The summed E-state index contributed by atoms with van der Waals surface area (Å²) in [5.74, 6) is 0. The highest BCUT2D eigenvalue weighted by molar-refractivity contribution is 6.31. The average Bonchev–Trinajstić information content (AvgIpc) is 2.77. The van der Waals surface area contributed by atoms with Crippen LogP contribution in [-0.2, 0) is 0 Å². The fourth-order valence-electron chi connectivity index (χ4n) is 2.39. The second kappa shape index (κ2) is 3.98. The summed E-state index contributed by atoms with van der Waals surface area (Å²) in [6.45, 7) is 2.25. The van der Waals surface area contributed by atoms with E-state index in [1.54, 1.807) is 0 Å². The first kappa shape index (κ1) is 9.97. The first-order valence-electron chi connectivity index (χ1n) is 5.72. The van der Waals surface area contributed by atoms with Gasteiger partial charge in [-0.2, -0.15) is 5.10 Å². The van der Waals surface area contributed by atoms with Crippen molar-refractivity contribution in [1.82, 2.24) is 10.2 Å². The number of H-pyrrole nitrogens is 1. The molecule has 2 heterocycles. The Hall–Kier alpha value is -1.22. The Balaban J connectivity index is 2.09. The third-order valence-corrected chi connectivity index (χ3v) is 3.42. The van der Waals surface area contributed by atoms with Crippen molar-refractivity contribution in [3.63, 3.8) is 0 Å². The van der Waals surface area contributed by atoms with Crippen LogP contribution in [0.1, 0.15) is 19.3 Å². The number of aromatic nitrogens is 2. The molecule has 0 aliphatic carbocycles. The van der Waals surface area contributed by atoms with Gasteiger partial charge in [0, 0.05) is 29.2 Å². The lowest BCUT2D eigenvalue weighted by Gasteiger charge is -2.29. The molecule has 1 aromatic carbocycles. The van der Waals surface area contributed by atoms with E-state index in [-0.39, 0.29) is 0 Å². The molecule has 0 spiro atoms. The molecule has 84 valence electrons.